The summed E-state index contributed by atoms with van der Waals surface area (Å²) in [6, 6.07) is 74.2. The van der Waals surface area contributed by atoms with Crippen LogP contribution in [0.1, 0.15) is 16.7 Å². The van der Waals surface area contributed by atoms with Crippen molar-refractivity contribution in [2.45, 2.75) is 0 Å². The molecule has 0 unspecified atom stereocenters. The highest BCUT2D eigenvalue weighted by molar-refractivity contribution is 6.13. The first-order valence-electron chi connectivity index (χ1n) is 23.6. The normalized spacial score (nSPS) is 10.9. The molecule has 0 N–H and O–H groups in total. The van der Waals surface area contributed by atoms with Crippen LogP contribution in [0, 0.1) is 53.7 Å². The van der Waals surface area contributed by atoms with E-state index in [1.54, 1.807) is 0 Å². The molecule has 0 spiro atoms. The van der Waals surface area contributed by atoms with Crippen LogP contribution in [0.15, 0.2) is 206 Å². The van der Waals surface area contributed by atoms with Crippen molar-refractivity contribution in [3.63, 3.8) is 0 Å². The molecule has 12 aromatic rings. The van der Waals surface area contributed by atoms with Crippen molar-refractivity contribution < 1.29 is 0 Å². The molecule has 0 bridgehead atoms. The fourth-order valence-corrected chi connectivity index (χ4v) is 10.2. The minimum absolute atomic E-state index is 0.451. The molecule has 12 rings (SSSR count). The standard InChI is InChI=1S/C66H34N8/c1-70-54-23-14-45(15-24-54)49-20-28-57-56-27-18-47(43-8-4-41(38-67)5-9-43)33-62(56)73(63(57)34-49)61-32-51(12-13-53(61)40-69)52-22-31-60(72-3)66(37-52)74-64-35-48(44-10-6-42(39-68)7-11-44)19-29-58(64)59-30-21-50(36-65(59)74)46-16-25-55(71-2)26-17-46/h4-37H. The predicted molar refractivity (Wildman–Crippen MR) is 295 cm³/mol. The number of fused-ring (bicyclic) bond motifs is 6. The smallest absolute Gasteiger partial charge is 0.210 e. The van der Waals surface area contributed by atoms with Gasteiger partial charge < -0.3 is 9.13 Å². The van der Waals surface area contributed by atoms with Crippen LogP contribution in [-0.4, -0.2) is 9.13 Å². The van der Waals surface area contributed by atoms with Crippen LogP contribution in [0.3, 0.4) is 0 Å². The molecule has 0 aliphatic carbocycles. The number of aromatic nitrogens is 2. The maximum atomic E-state index is 10.9. The lowest BCUT2D eigenvalue weighted by molar-refractivity contribution is 1.17. The van der Waals surface area contributed by atoms with E-state index in [4.69, 9.17) is 19.7 Å². The van der Waals surface area contributed by atoms with Gasteiger partial charge in [0.15, 0.2) is 11.4 Å². The Morgan fingerprint density at radius 3 is 0.959 bits per heavy atom. The summed E-state index contributed by atoms with van der Waals surface area (Å²) in [6.07, 6.45) is 0. The van der Waals surface area contributed by atoms with Crippen molar-refractivity contribution in [1.82, 2.24) is 9.13 Å². The van der Waals surface area contributed by atoms with E-state index < -0.39 is 0 Å². The van der Waals surface area contributed by atoms with Gasteiger partial charge in [-0.15, -0.1) is 0 Å². The summed E-state index contributed by atoms with van der Waals surface area (Å²) in [5, 5.41) is 34.0. The van der Waals surface area contributed by atoms with Crippen LogP contribution in [-0.2, 0) is 0 Å². The monoisotopic (exact) mass is 938 g/mol. The lowest BCUT2D eigenvalue weighted by Gasteiger charge is -2.16. The molecule has 0 saturated heterocycles. The second-order valence-electron chi connectivity index (χ2n) is 18.0. The molecular weight excluding hydrogens is 905 g/mol. The summed E-state index contributed by atoms with van der Waals surface area (Å²) in [6.45, 7) is 23.6. The largest absolute Gasteiger partial charge is 0.319 e. The maximum absolute atomic E-state index is 10.9. The summed E-state index contributed by atoms with van der Waals surface area (Å²) in [5.74, 6) is 0. The van der Waals surface area contributed by atoms with E-state index in [0.29, 0.717) is 45.1 Å². The minimum atomic E-state index is 0.451. The Bertz CT molecular complexity index is 4040. The first kappa shape index (κ1) is 44.0. The summed E-state index contributed by atoms with van der Waals surface area (Å²) >= 11 is 0. The average molecular weight is 939 g/mol. The van der Waals surface area contributed by atoms with E-state index in [0.717, 1.165) is 99.2 Å². The highest BCUT2D eigenvalue weighted by Gasteiger charge is 2.21. The third kappa shape index (κ3) is 7.44. The summed E-state index contributed by atoms with van der Waals surface area (Å²) in [5.41, 5.74) is 17.4. The van der Waals surface area contributed by atoms with Gasteiger partial charge in [-0.05, 0) is 122 Å². The predicted octanol–water partition coefficient (Wildman–Crippen LogP) is 17.5. The molecule has 2 aromatic heterocycles. The minimum Gasteiger partial charge on any atom is -0.319 e. The van der Waals surface area contributed by atoms with Gasteiger partial charge in [0, 0.05) is 21.5 Å². The van der Waals surface area contributed by atoms with E-state index in [9.17, 15) is 15.8 Å². The van der Waals surface area contributed by atoms with Gasteiger partial charge in [-0.25, -0.2) is 14.5 Å². The van der Waals surface area contributed by atoms with Crippen LogP contribution in [0.5, 0.6) is 0 Å². The number of rotatable bonds is 7. The average Bonchev–Trinajstić information content (AvgIpc) is 3.97. The Morgan fingerprint density at radius 1 is 0.297 bits per heavy atom. The number of nitriles is 3. The third-order valence-electron chi connectivity index (χ3n) is 13.9. The van der Waals surface area contributed by atoms with Gasteiger partial charge in [0.05, 0.1) is 82.0 Å². The SMILES string of the molecule is [C-]#[N+]c1ccc(-c2ccc3c4ccc(-c5ccc(C#N)cc5)cc4n(-c4cc(-c5ccc([N+]#[C-])c(-n6c7cc(-c8ccc(C#N)cc8)ccc7c7ccc(-c8ccc([N+]#[C-])cc8)cc76)c5)ccc4C#N)c3c2)cc1. The topological polar surface area (TPSA) is 94.3 Å². The number of hydrogen-bond donors (Lipinski definition) is 0. The van der Waals surface area contributed by atoms with Crippen molar-refractivity contribution >= 4 is 60.7 Å². The van der Waals surface area contributed by atoms with Crippen LogP contribution in [0.2, 0.25) is 0 Å². The zero-order valence-electron chi connectivity index (χ0n) is 39.2. The van der Waals surface area contributed by atoms with Crippen LogP contribution in [0.25, 0.3) is 125 Å². The van der Waals surface area contributed by atoms with Crippen molar-refractivity contribution in [3.05, 3.63) is 257 Å². The van der Waals surface area contributed by atoms with Gasteiger partial charge in [-0.3, -0.25) is 0 Å². The van der Waals surface area contributed by atoms with Gasteiger partial charge in [-0.1, -0.05) is 140 Å². The van der Waals surface area contributed by atoms with Gasteiger partial charge in [-0.2, -0.15) is 15.8 Å². The zero-order valence-corrected chi connectivity index (χ0v) is 39.2. The van der Waals surface area contributed by atoms with Crippen molar-refractivity contribution in [1.29, 1.82) is 15.8 Å². The van der Waals surface area contributed by atoms with E-state index in [1.807, 2.05) is 121 Å². The Hall–Kier alpha value is -11.3. The quantitative estimate of drug-likeness (QED) is 0.149. The maximum Gasteiger partial charge on any atom is 0.210 e. The fraction of sp³-hybridized carbons (Fsp3) is 0. The molecule has 0 radical (unpaired) electrons. The summed E-state index contributed by atoms with van der Waals surface area (Å²) < 4.78 is 4.33. The van der Waals surface area contributed by atoms with Gasteiger partial charge in [0.1, 0.15) is 6.07 Å². The number of hydrogen-bond acceptors (Lipinski definition) is 3. The van der Waals surface area contributed by atoms with E-state index in [1.165, 1.54) is 0 Å². The van der Waals surface area contributed by atoms with Crippen LogP contribution >= 0.6 is 0 Å². The van der Waals surface area contributed by atoms with E-state index in [-0.39, 0.29) is 0 Å². The number of nitrogens with zero attached hydrogens (tertiary/aromatic N) is 8. The molecule has 0 atom stereocenters. The van der Waals surface area contributed by atoms with Crippen molar-refractivity contribution in [2.24, 2.45) is 0 Å². The number of benzene rings is 10. The molecule has 0 aliphatic rings. The summed E-state index contributed by atoms with van der Waals surface area (Å²) in [7, 11) is 0. The summed E-state index contributed by atoms with van der Waals surface area (Å²) in [4.78, 5) is 11.3. The lowest BCUT2D eigenvalue weighted by atomic mass is 10.0. The second-order valence-corrected chi connectivity index (χ2v) is 18.0. The molecular formula is C66H34N8. The third-order valence-corrected chi connectivity index (χ3v) is 13.9. The van der Waals surface area contributed by atoms with Crippen molar-refractivity contribution in [3.8, 4) is 85.2 Å². The molecule has 0 fully saturated rings. The first-order chi connectivity index (χ1) is 36.4. The zero-order chi connectivity index (χ0) is 50.5. The Labute approximate surface area is 426 Å². The molecule has 8 heteroatoms. The van der Waals surface area contributed by atoms with E-state index in [2.05, 4.69) is 127 Å². The fourth-order valence-electron chi connectivity index (χ4n) is 10.2. The molecule has 0 saturated carbocycles. The Morgan fingerprint density at radius 2 is 0.608 bits per heavy atom. The Balaban J connectivity index is 1.08. The molecule has 10 aromatic carbocycles. The van der Waals surface area contributed by atoms with Crippen molar-refractivity contribution in [2.75, 3.05) is 0 Å². The van der Waals surface area contributed by atoms with Gasteiger partial charge in [0.25, 0.3) is 0 Å². The highest BCUT2D eigenvalue weighted by atomic mass is 15.0. The highest BCUT2D eigenvalue weighted by Crippen LogP contribution is 2.43. The molecule has 8 nitrogen and oxygen atoms in total. The van der Waals surface area contributed by atoms with Crippen LogP contribution in [0.4, 0.5) is 17.1 Å². The van der Waals surface area contributed by atoms with E-state index >= 15 is 0 Å². The second kappa shape index (κ2) is 17.9. The van der Waals surface area contributed by atoms with Crippen LogP contribution < -0.4 is 0 Å². The Kier molecular flexibility index (Phi) is 10.7. The molecule has 338 valence electrons. The molecule has 0 aliphatic heterocycles. The molecule has 2 heterocycles. The molecule has 0 amide bonds. The lowest BCUT2D eigenvalue weighted by Crippen LogP contribution is -1.99. The van der Waals surface area contributed by atoms with Gasteiger partial charge >= 0.3 is 0 Å². The molecule has 74 heavy (non-hydrogen) atoms. The van der Waals surface area contributed by atoms with Gasteiger partial charge in [0.2, 0.25) is 5.69 Å². The first-order valence-corrected chi connectivity index (χ1v) is 23.6.